The van der Waals surface area contributed by atoms with Gasteiger partial charge in [-0.1, -0.05) is 6.42 Å². The molecule has 2 aliphatic heterocycles. The highest BCUT2D eigenvalue weighted by Crippen LogP contribution is 2.19. The fraction of sp³-hybridized carbons (Fsp3) is 1.00. The van der Waals surface area contributed by atoms with Crippen LogP contribution in [-0.4, -0.2) is 42.4 Å². The third-order valence-corrected chi connectivity index (χ3v) is 3.11. The second kappa shape index (κ2) is 4.38. The van der Waals surface area contributed by atoms with Crippen LogP contribution in [0.2, 0.25) is 0 Å². The topological polar surface area (TPSA) is 6.48 Å². The zero-order valence-corrected chi connectivity index (χ0v) is 8.21. The molecule has 13 heavy (non-hydrogen) atoms. The van der Waals surface area contributed by atoms with Gasteiger partial charge >= 0.3 is 0 Å². The number of alkyl halides is 1. The maximum atomic E-state index is 13.2. The van der Waals surface area contributed by atoms with Crippen molar-refractivity contribution in [2.45, 2.75) is 38.4 Å². The van der Waals surface area contributed by atoms with Crippen molar-refractivity contribution >= 4 is 0 Å². The first-order chi connectivity index (χ1) is 6.36. The highest BCUT2D eigenvalue weighted by Gasteiger charge is 2.25. The van der Waals surface area contributed by atoms with Crippen molar-refractivity contribution in [1.29, 1.82) is 0 Å². The number of rotatable bonds is 2. The summed E-state index contributed by atoms with van der Waals surface area (Å²) in [6.07, 6.45) is 5.07. The Labute approximate surface area is 79.7 Å². The third kappa shape index (κ3) is 2.41. The van der Waals surface area contributed by atoms with Crippen LogP contribution in [-0.2, 0) is 0 Å². The van der Waals surface area contributed by atoms with E-state index in [0.29, 0.717) is 0 Å². The largest absolute Gasteiger partial charge is 0.290 e. The summed E-state index contributed by atoms with van der Waals surface area (Å²) < 4.78 is 13.2. The van der Waals surface area contributed by atoms with Gasteiger partial charge in [-0.05, 0) is 38.8 Å². The Morgan fingerprint density at radius 3 is 2.38 bits per heavy atom. The van der Waals surface area contributed by atoms with Gasteiger partial charge in [-0.3, -0.25) is 9.80 Å². The van der Waals surface area contributed by atoms with Gasteiger partial charge in [0.1, 0.15) is 0 Å². The van der Waals surface area contributed by atoms with Crippen molar-refractivity contribution in [3.63, 3.8) is 0 Å². The normalized spacial score (nSPS) is 32.5. The van der Waals surface area contributed by atoms with E-state index in [-0.39, 0.29) is 0 Å². The predicted octanol–water partition coefficient (Wildman–Crippen LogP) is 1.82. The van der Waals surface area contributed by atoms with Crippen molar-refractivity contribution in [2.75, 3.05) is 26.3 Å². The Hall–Kier alpha value is -0.150. The van der Waals surface area contributed by atoms with Gasteiger partial charge in [0, 0.05) is 6.54 Å². The summed E-state index contributed by atoms with van der Waals surface area (Å²) in [5, 5.41) is 0. The Balaban J connectivity index is 1.75. The number of hydrogen-bond donors (Lipinski definition) is 0. The minimum Gasteiger partial charge on any atom is -0.290 e. The number of piperidine rings is 1. The van der Waals surface area contributed by atoms with E-state index in [1.807, 2.05) is 4.90 Å². The second-order valence-corrected chi connectivity index (χ2v) is 4.21. The monoisotopic (exact) mass is 186 g/mol. The summed E-state index contributed by atoms with van der Waals surface area (Å²) in [6, 6.07) is 0. The lowest BCUT2D eigenvalue weighted by atomic mass is 10.1. The molecule has 0 spiro atoms. The van der Waals surface area contributed by atoms with E-state index in [9.17, 15) is 4.39 Å². The van der Waals surface area contributed by atoms with Crippen LogP contribution >= 0.6 is 0 Å². The summed E-state index contributed by atoms with van der Waals surface area (Å²) >= 11 is 0. The average Bonchev–Trinajstić information content (AvgIpc) is 2.54. The van der Waals surface area contributed by atoms with E-state index < -0.39 is 6.30 Å². The second-order valence-electron chi connectivity index (χ2n) is 4.21. The SMILES string of the molecule is FC1CCCN1CN1CCCCC1. The molecule has 0 amide bonds. The summed E-state index contributed by atoms with van der Waals surface area (Å²) in [4.78, 5) is 4.37. The summed E-state index contributed by atoms with van der Waals surface area (Å²) in [5.41, 5.74) is 0. The summed E-state index contributed by atoms with van der Waals surface area (Å²) in [6.45, 7) is 4.16. The molecule has 0 saturated carbocycles. The van der Waals surface area contributed by atoms with Gasteiger partial charge < -0.3 is 0 Å². The van der Waals surface area contributed by atoms with E-state index in [4.69, 9.17) is 0 Å². The molecule has 0 aromatic carbocycles. The molecule has 0 aliphatic carbocycles. The van der Waals surface area contributed by atoms with E-state index in [2.05, 4.69) is 4.90 Å². The molecule has 0 aromatic heterocycles. The van der Waals surface area contributed by atoms with Gasteiger partial charge in [0.25, 0.3) is 0 Å². The van der Waals surface area contributed by atoms with Crippen LogP contribution in [0, 0.1) is 0 Å². The van der Waals surface area contributed by atoms with E-state index in [1.165, 1.54) is 32.4 Å². The molecule has 2 rings (SSSR count). The minimum absolute atomic E-state index is 0.665. The van der Waals surface area contributed by atoms with Gasteiger partial charge in [0.15, 0.2) is 6.30 Å². The lowest BCUT2D eigenvalue weighted by molar-refractivity contribution is 0.0507. The zero-order valence-electron chi connectivity index (χ0n) is 8.21. The van der Waals surface area contributed by atoms with Gasteiger partial charge in [0.05, 0.1) is 6.67 Å². The Kier molecular flexibility index (Phi) is 3.17. The standard InChI is InChI=1S/C10H19FN2/c11-10-5-4-8-13(10)9-12-6-2-1-3-7-12/h10H,1-9H2. The van der Waals surface area contributed by atoms with Crippen molar-refractivity contribution in [3.05, 3.63) is 0 Å². The molecule has 2 saturated heterocycles. The molecule has 1 unspecified atom stereocenters. The van der Waals surface area contributed by atoms with E-state index in [1.54, 1.807) is 0 Å². The molecule has 2 fully saturated rings. The fourth-order valence-electron chi connectivity index (χ4n) is 2.30. The van der Waals surface area contributed by atoms with Gasteiger partial charge in [0.2, 0.25) is 0 Å². The first-order valence-corrected chi connectivity index (χ1v) is 5.47. The lowest BCUT2D eigenvalue weighted by Crippen LogP contribution is -2.41. The highest BCUT2D eigenvalue weighted by atomic mass is 19.1. The molecular formula is C10H19FN2. The Morgan fingerprint density at radius 2 is 1.77 bits per heavy atom. The number of halogens is 1. The lowest BCUT2D eigenvalue weighted by Gasteiger charge is -2.31. The van der Waals surface area contributed by atoms with Crippen LogP contribution in [0.4, 0.5) is 4.39 Å². The molecule has 0 aromatic rings. The molecular weight excluding hydrogens is 167 g/mol. The van der Waals surface area contributed by atoms with Gasteiger partial charge in [-0.25, -0.2) is 4.39 Å². The smallest absolute Gasteiger partial charge is 0.154 e. The predicted molar refractivity (Wildman–Crippen MR) is 51.1 cm³/mol. The van der Waals surface area contributed by atoms with Gasteiger partial charge in [-0.15, -0.1) is 0 Å². The van der Waals surface area contributed by atoms with Crippen LogP contribution in [0.25, 0.3) is 0 Å². The first kappa shape index (κ1) is 9.41. The summed E-state index contributed by atoms with van der Waals surface area (Å²) in [5.74, 6) is 0. The number of likely N-dealkylation sites (tertiary alicyclic amines) is 2. The Bertz CT molecular complexity index is 157. The van der Waals surface area contributed by atoms with Crippen LogP contribution in [0.15, 0.2) is 0 Å². The van der Waals surface area contributed by atoms with Crippen LogP contribution in [0.1, 0.15) is 32.1 Å². The molecule has 3 heteroatoms. The molecule has 2 nitrogen and oxygen atoms in total. The molecule has 0 N–H and O–H groups in total. The van der Waals surface area contributed by atoms with Crippen molar-refractivity contribution in [1.82, 2.24) is 9.80 Å². The minimum atomic E-state index is -0.665. The summed E-state index contributed by atoms with van der Waals surface area (Å²) in [7, 11) is 0. The number of nitrogens with zero attached hydrogens (tertiary/aromatic N) is 2. The van der Waals surface area contributed by atoms with Gasteiger partial charge in [-0.2, -0.15) is 0 Å². The van der Waals surface area contributed by atoms with E-state index in [0.717, 1.165) is 26.1 Å². The van der Waals surface area contributed by atoms with Crippen molar-refractivity contribution in [2.24, 2.45) is 0 Å². The van der Waals surface area contributed by atoms with Crippen LogP contribution in [0.5, 0.6) is 0 Å². The zero-order chi connectivity index (χ0) is 9.10. The molecule has 2 heterocycles. The van der Waals surface area contributed by atoms with Crippen molar-refractivity contribution in [3.8, 4) is 0 Å². The molecule has 76 valence electrons. The van der Waals surface area contributed by atoms with Crippen LogP contribution < -0.4 is 0 Å². The van der Waals surface area contributed by atoms with Crippen molar-refractivity contribution < 1.29 is 4.39 Å². The fourth-order valence-corrected chi connectivity index (χ4v) is 2.30. The third-order valence-electron chi connectivity index (χ3n) is 3.11. The van der Waals surface area contributed by atoms with E-state index >= 15 is 0 Å². The quantitative estimate of drug-likeness (QED) is 0.607. The molecule has 1 atom stereocenters. The number of hydrogen-bond acceptors (Lipinski definition) is 2. The molecule has 2 aliphatic rings. The maximum Gasteiger partial charge on any atom is 0.154 e. The molecule has 0 radical (unpaired) electrons. The molecule has 0 bridgehead atoms. The Morgan fingerprint density at radius 1 is 1.00 bits per heavy atom. The van der Waals surface area contributed by atoms with Crippen LogP contribution in [0.3, 0.4) is 0 Å². The maximum absolute atomic E-state index is 13.2. The first-order valence-electron chi connectivity index (χ1n) is 5.47. The highest BCUT2D eigenvalue weighted by molar-refractivity contribution is 4.72. The average molecular weight is 186 g/mol.